The molecule has 0 heterocycles. The minimum Gasteiger partial charge on any atom is -0.393 e. The number of hydrogen-bond donors (Lipinski definition) is 1. The van der Waals surface area contributed by atoms with Crippen molar-refractivity contribution < 1.29 is 5.11 Å². The molecule has 1 rings (SSSR count). The van der Waals surface area contributed by atoms with Crippen LogP contribution in [0, 0.1) is 5.41 Å². The van der Waals surface area contributed by atoms with Gasteiger partial charge in [-0.2, -0.15) is 0 Å². The molecule has 1 fully saturated rings. The van der Waals surface area contributed by atoms with E-state index in [1.165, 1.54) is 25.7 Å². The van der Waals surface area contributed by atoms with Gasteiger partial charge in [0.15, 0.2) is 0 Å². The van der Waals surface area contributed by atoms with Gasteiger partial charge in [0, 0.05) is 0 Å². The Morgan fingerprint density at radius 1 is 1.33 bits per heavy atom. The largest absolute Gasteiger partial charge is 0.393 e. The number of rotatable bonds is 1. The SMILES string of the molecule is CC(O)C1(C)CCCC1. The molecular weight excluding hydrogens is 112 g/mol. The van der Waals surface area contributed by atoms with Crippen LogP contribution in [-0.4, -0.2) is 11.2 Å². The molecule has 1 heteroatoms. The predicted molar refractivity (Wildman–Crippen MR) is 38.3 cm³/mol. The van der Waals surface area contributed by atoms with Gasteiger partial charge in [0.2, 0.25) is 0 Å². The summed E-state index contributed by atoms with van der Waals surface area (Å²) in [5.41, 5.74) is 0.250. The standard InChI is InChI=1S/C8H16O/c1-7(9)8(2)5-3-4-6-8/h7,9H,3-6H2,1-2H3. The molecule has 9 heavy (non-hydrogen) atoms. The minimum atomic E-state index is -0.111. The second-order valence-electron chi connectivity index (χ2n) is 3.54. The molecule has 54 valence electrons. The van der Waals surface area contributed by atoms with E-state index in [2.05, 4.69) is 6.92 Å². The number of aliphatic hydroxyl groups excluding tert-OH is 1. The molecule has 1 nitrogen and oxygen atoms in total. The highest BCUT2D eigenvalue weighted by Gasteiger charge is 2.32. The molecule has 1 N–H and O–H groups in total. The Balaban J connectivity index is 2.51. The third-order valence-corrected chi connectivity index (χ3v) is 2.75. The second-order valence-corrected chi connectivity index (χ2v) is 3.54. The van der Waals surface area contributed by atoms with Crippen LogP contribution in [0.15, 0.2) is 0 Å². The molecule has 1 saturated carbocycles. The zero-order valence-electron chi connectivity index (χ0n) is 6.35. The van der Waals surface area contributed by atoms with E-state index in [0.717, 1.165) is 0 Å². The smallest absolute Gasteiger partial charge is 0.0565 e. The summed E-state index contributed by atoms with van der Waals surface area (Å²) < 4.78 is 0. The Labute approximate surface area is 57.1 Å². The van der Waals surface area contributed by atoms with Crippen molar-refractivity contribution >= 4 is 0 Å². The first-order valence-electron chi connectivity index (χ1n) is 3.83. The molecule has 1 aliphatic carbocycles. The van der Waals surface area contributed by atoms with Crippen molar-refractivity contribution in [3.8, 4) is 0 Å². The molecule has 1 atom stereocenters. The molecule has 0 spiro atoms. The lowest BCUT2D eigenvalue weighted by Crippen LogP contribution is -2.25. The van der Waals surface area contributed by atoms with Crippen molar-refractivity contribution in [3.63, 3.8) is 0 Å². The molecule has 0 aliphatic heterocycles. The maximum atomic E-state index is 9.31. The van der Waals surface area contributed by atoms with Crippen molar-refractivity contribution in [2.45, 2.75) is 45.6 Å². The van der Waals surface area contributed by atoms with Crippen LogP contribution in [0.3, 0.4) is 0 Å². The Bertz CT molecular complexity index is 90.7. The Kier molecular flexibility index (Phi) is 1.80. The summed E-state index contributed by atoms with van der Waals surface area (Å²) in [6.45, 7) is 4.09. The van der Waals surface area contributed by atoms with Crippen molar-refractivity contribution in [2.24, 2.45) is 5.41 Å². The summed E-state index contributed by atoms with van der Waals surface area (Å²) in [6, 6.07) is 0. The first-order valence-corrected chi connectivity index (χ1v) is 3.83. The van der Waals surface area contributed by atoms with E-state index in [0.29, 0.717) is 0 Å². The summed E-state index contributed by atoms with van der Waals surface area (Å²) in [5, 5.41) is 9.31. The molecule has 0 aromatic carbocycles. The van der Waals surface area contributed by atoms with Crippen molar-refractivity contribution in [1.29, 1.82) is 0 Å². The zero-order chi connectivity index (χ0) is 6.91. The molecule has 0 bridgehead atoms. The van der Waals surface area contributed by atoms with Gasteiger partial charge in [-0.3, -0.25) is 0 Å². The van der Waals surface area contributed by atoms with Gasteiger partial charge in [-0.15, -0.1) is 0 Å². The average Bonchev–Trinajstić information content (AvgIpc) is 2.16. The first-order chi connectivity index (χ1) is 4.15. The maximum absolute atomic E-state index is 9.31. The second kappa shape index (κ2) is 2.30. The van der Waals surface area contributed by atoms with Gasteiger partial charge in [-0.1, -0.05) is 19.8 Å². The molecule has 0 amide bonds. The zero-order valence-corrected chi connectivity index (χ0v) is 6.35. The third kappa shape index (κ3) is 1.26. The van der Waals surface area contributed by atoms with Gasteiger partial charge in [0.25, 0.3) is 0 Å². The normalized spacial score (nSPS) is 28.3. The Morgan fingerprint density at radius 3 is 2.00 bits per heavy atom. The van der Waals surface area contributed by atoms with E-state index in [4.69, 9.17) is 0 Å². The van der Waals surface area contributed by atoms with E-state index >= 15 is 0 Å². The minimum absolute atomic E-state index is 0.111. The fraction of sp³-hybridized carbons (Fsp3) is 1.00. The lowest BCUT2D eigenvalue weighted by atomic mass is 9.84. The van der Waals surface area contributed by atoms with E-state index in [9.17, 15) is 5.11 Å². The van der Waals surface area contributed by atoms with Crippen LogP contribution in [0.4, 0.5) is 0 Å². The van der Waals surface area contributed by atoms with Crippen LogP contribution in [0.5, 0.6) is 0 Å². The summed E-state index contributed by atoms with van der Waals surface area (Å²) in [6.07, 6.45) is 4.93. The van der Waals surface area contributed by atoms with E-state index in [1.54, 1.807) is 0 Å². The van der Waals surface area contributed by atoms with Gasteiger partial charge in [0.05, 0.1) is 6.10 Å². The van der Waals surface area contributed by atoms with Gasteiger partial charge < -0.3 is 5.11 Å². The summed E-state index contributed by atoms with van der Waals surface area (Å²) >= 11 is 0. The highest BCUT2D eigenvalue weighted by molar-refractivity contribution is 4.84. The monoisotopic (exact) mass is 128 g/mol. The van der Waals surface area contributed by atoms with Crippen LogP contribution in [0.1, 0.15) is 39.5 Å². The average molecular weight is 128 g/mol. The van der Waals surface area contributed by atoms with Gasteiger partial charge in [-0.05, 0) is 25.2 Å². The van der Waals surface area contributed by atoms with Crippen LogP contribution >= 0.6 is 0 Å². The first kappa shape index (κ1) is 7.07. The van der Waals surface area contributed by atoms with Crippen molar-refractivity contribution in [1.82, 2.24) is 0 Å². The van der Waals surface area contributed by atoms with Crippen LogP contribution in [0.25, 0.3) is 0 Å². The number of hydrogen-bond acceptors (Lipinski definition) is 1. The van der Waals surface area contributed by atoms with Crippen molar-refractivity contribution in [3.05, 3.63) is 0 Å². The summed E-state index contributed by atoms with van der Waals surface area (Å²) in [7, 11) is 0. The number of aliphatic hydroxyl groups is 1. The van der Waals surface area contributed by atoms with Crippen LogP contribution < -0.4 is 0 Å². The van der Waals surface area contributed by atoms with Crippen LogP contribution in [0.2, 0.25) is 0 Å². The maximum Gasteiger partial charge on any atom is 0.0565 e. The highest BCUT2D eigenvalue weighted by atomic mass is 16.3. The van der Waals surface area contributed by atoms with E-state index in [1.807, 2.05) is 6.92 Å². The Morgan fingerprint density at radius 2 is 1.78 bits per heavy atom. The topological polar surface area (TPSA) is 20.2 Å². The summed E-state index contributed by atoms with van der Waals surface area (Å²) in [4.78, 5) is 0. The predicted octanol–water partition coefficient (Wildman–Crippen LogP) is 1.95. The fourth-order valence-corrected chi connectivity index (χ4v) is 1.60. The molecule has 0 saturated heterocycles. The molecule has 1 unspecified atom stereocenters. The molecular formula is C8H16O. The third-order valence-electron chi connectivity index (χ3n) is 2.75. The Hall–Kier alpha value is -0.0400. The van der Waals surface area contributed by atoms with Gasteiger partial charge in [0.1, 0.15) is 0 Å². The quantitative estimate of drug-likeness (QED) is 0.572. The van der Waals surface area contributed by atoms with E-state index < -0.39 is 0 Å². The van der Waals surface area contributed by atoms with Gasteiger partial charge in [-0.25, -0.2) is 0 Å². The van der Waals surface area contributed by atoms with Crippen LogP contribution in [-0.2, 0) is 0 Å². The van der Waals surface area contributed by atoms with E-state index in [-0.39, 0.29) is 11.5 Å². The highest BCUT2D eigenvalue weighted by Crippen LogP contribution is 2.40. The summed E-state index contributed by atoms with van der Waals surface area (Å²) in [5.74, 6) is 0. The molecule has 0 radical (unpaired) electrons. The molecule has 0 aromatic heterocycles. The molecule has 0 aromatic rings. The fourth-order valence-electron chi connectivity index (χ4n) is 1.60. The lowest BCUT2D eigenvalue weighted by Gasteiger charge is -2.26. The lowest BCUT2D eigenvalue weighted by molar-refractivity contribution is 0.0577. The van der Waals surface area contributed by atoms with Crippen molar-refractivity contribution in [2.75, 3.05) is 0 Å². The molecule has 1 aliphatic rings. The van der Waals surface area contributed by atoms with Gasteiger partial charge >= 0.3 is 0 Å².